The molecule has 1 aliphatic rings. The van der Waals surface area contributed by atoms with E-state index in [4.69, 9.17) is 14.7 Å². The van der Waals surface area contributed by atoms with E-state index in [-0.39, 0.29) is 0 Å². The molecule has 0 bridgehead atoms. The zero-order valence-corrected chi connectivity index (χ0v) is 15.2. The van der Waals surface area contributed by atoms with E-state index in [0.717, 1.165) is 62.7 Å². The summed E-state index contributed by atoms with van der Waals surface area (Å²) in [6, 6.07) is 0. The third-order valence-electron chi connectivity index (χ3n) is 4.36. The minimum atomic E-state index is 0.474. The Morgan fingerprint density at radius 2 is 2.16 bits per heavy atom. The van der Waals surface area contributed by atoms with E-state index in [0.29, 0.717) is 13.2 Å². The predicted molar refractivity (Wildman–Crippen MR) is 97.7 cm³/mol. The van der Waals surface area contributed by atoms with Crippen molar-refractivity contribution in [3.8, 4) is 0 Å². The highest BCUT2D eigenvalue weighted by atomic mass is 16.5. The van der Waals surface area contributed by atoms with Gasteiger partial charge in [-0.25, -0.2) is 9.97 Å². The number of anilines is 1. The first-order valence-corrected chi connectivity index (χ1v) is 9.14. The summed E-state index contributed by atoms with van der Waals surface area (Å²) in [6.07, 6.45) is 7.98. The third kappa shape index (κ3) is 4.99. The lowest BCUT2D eigenvalue weighted by Crippen LogP contribution is -2.16. The zero-order chi connectivity index (χ0) is 17.5. The number of rotatable bonds is 8. The molecule has 3 rings (SSSR count). The zero-order valence-electron chi connectivity index (χ0n) is 15.2. The van der Waals surface area contributed by atoms with Crippen LogP contribution < -0.4 is 10.6 Å². The summed E-state index contributed by atoms with van der Waals surface area (Å²) in [6.45, 7) is 5.98. The number of nitrogens with zero attached hydrogens (tertiary/aromatic N) is 4. The number of aromatic nitrogens is 4. The van der Waals surface area contributed by atoms with E-state index < -0.39 is 0 Å². The van der Waals surface area contributed by atoms with Gasteiger partial charge in [0.25, 0.3) is 0 Å². The molecular weight excluding hydrogens is 316 g/mol. The van der Waals surface area contributed by atoms with Gasteiger partial charge in [0.1, 0.15) is 12.4 Å². The highest BCUT2D eigenvalue weighted by Crippen LogP contribution is 2.20. The molecule has 2 N–H and O–H groups in total. The summed E-state index contributed by atoms with van der Waals surface area (Å²) in [7, 11) is 1.95. The van der Waals surface area contributed by atoms with E-state index >= 15 is 0 Å². The average Bonchev–Trinajstić information content (AvgIpc) is 2.88. The molecule has 25 heavy (non-hydrogen) atoms. The Hall–Kier alpha value is -1.99. The van der Waals surface area contributed by atoms with Gasteiger partial charge in [0, 0.05) is 44.9 Å². The summed E-state index contributed by atoms with van der Waals surface area (Å²) in [5.41, 5.74) is 3.68. The van der Waals surface area contributed by atoms with Crippen LogP contribution in [0.4, 0.5) is 5.82 Å². The first kappa shape index (κ1) is 17.8. The largest absolute Gasteiger partial charge is 0.374 e. The molecule has 0 aliphatic carbocycles. The Kier molecular flexibility index (Phi) is 6.36. The molecule has 0 aromatic carbocycles. The number of hydrogen-bond acceptors (Lipinski definition) is 6. The summed E-state index contributed by atoms with van der Waals surface area (Å²) in [5, 5.41) is 11.2. The number of ether oxygens (including phenoxy) is 1. The fraction of sp³-hybridized carbons (Fsp3) is 0.611. The van der Waals surface area contributed by atoms with Crippen LogP contribution in [0.25, 0.3) is 0 Å². The molecule has 7 nitrogen and oxygen atoms in total. The van der Waals surface area contributed by atoms with Crippen molar-refractivity contribution in [1.82, 2.24) is 25.1 Å². The van der Waals surface area contributed by atoms with Gasteiger partial charge in [0.05, 0.1) is 11.9 Å². The predicted octanol–water partition coefficient (Wildman–Crippen LogP) is 1.48. The molecule has 0 amide bonds. The number of fused-ring (bicyclic) bond motifs is 1. The van der Waals surface area contributed by atoms with Gasteiger partial charge >= 0.3 is 0 Å². The summed E-state index contributed by atoms with van der Waals surface area (Å²) >= 11 is 0. The van der Waals surface area contributed by atoms with Crippen LogP contribution in [-0.2, 0) is 37.7 Å². The van der Waals surface area contributed by atoms with Crippen LogP contribution >= 0.6 is 0 Å². The Morgan fingerprint density at radius 1 is 1.28 bits per heavy atom. The quantitative estimate of drug-likeness (QED) is 0.707. The van der Waals surface area contributed by atoms with Crippen LogP contribution in [0.15, 0.2) is 12.4 Å². The lowest BCUT2D eigenvalue weighted by Gasteiger charge is -2.14. The van der Waals surface area contributed by atoms with E-state index in [2.05, 4.69) is 21.9 Å². The normalized spacial score (nSPS) is 14.2. The minimum Gasteiger partial charge on any atom is -0.374 e. The standard InChI is InChI=1S/C18H28N6O/c1-3-25-13-17-22-16-7-10-19-9-6-15(16)18(23-17)20-8-4-5-14-11-21-24(2)12-14/h11-12,19H,3-10,13H2,1-2H3,(H,20,22,23). The van der Waals surface area contributed by atoms with Crippen molar-refractivity contribution in [3.63, 3.8) is 0 Å². The molecule has 2 aromatic heterocycles. The van der Waals surface area contributed by atoms with Gasteiger partial charge in [0.2, 0.25) is 0 Å². The van der Waals surface area contributed by atoms with Crippen molar-refractivity contribution < 1.29 is 4.74 Å². The number of hydrogen-bond donors (Lipinski definition) is 2. The fourth-order valence-corrected chi connectivity index (χ4v) is 3.10. The molecule has 0 saturated heterocycles. The maximum Gasteiger partial charge on any atom is 0.156 e. The molecule has 0 saturated carbocycles. The second-order valence-electron chi connectivity index (χ2n) is 6.35. The van der Waals surface area contributed by atoms with E-state index in [1.54, 1.807) is 0 Å². The highest BCUT2D eigenvalue weighted by Gasteiger charge is 2.16. The smallest absolute Gasteiger partial charge is 0.156 e. The van der Waals surface area contributed by atoms with Crippen LogP contribution in [0.3, 0.4) is 0 Å². The Balaban J connectivity index is 1.65. The van der Waals surface area contributed by atoms with Gasteiger partial charge in [-0.05, 0) is 38.3 Å². The van der Waals surface area contributed by atoms with Crippen LogP contribution in [-0.4, -0.2) is 46.0 Å². The van der Waals surface area contributed by atoms with Gasteiger partial charge in [-0.2, -0.15) is 5.10 Å². The maximum absolute atomic E-state index is 5.50. The number of nitrogens with one attached hydrogen (secondary N) is 2. The van der Waals surface area contributed by atoms with Gasteiger partial charge in [-0.15, -0.1) is 0 Å². The molecule has 3 heterocycles. The molecule has 0 atom stereocenters. The van der Waals surface area contributed by atoms with Crippen molar-refractivity contribution in [2.75, 3.05) is 31.6 Å². The topological polar surface area (TPSA) is 76.9 Å². The van der Waals surface area contributed by atoms with Crippen molar-refractivity contribution in [2.45, 2.75) is 39.2 Å². The SMILES string of the molecule is CCOCc1nc2c(c(NCCCc3cnn(C)c3)n1)CCNCC2. The molecule has 136 valence electrons. The Bertz CT molecular complexity index is 684. The third-order valence-corrected chi connectivity index (χ3v) is 4.36. The van der Waals surface area contributed by atoms with Gasteiger partial charge < -0.3 is 15.4 Å². The maximum atomic E-state index is 5.50. The van der Waals surface area contributed by atoms with E-state index in [9.17, 15) is 0 Å². The van der Waals surface area contributed by atoms with Crippen LogP contribution in [0.2, 0.25) is 0 Å². The lowest BCUT2D eigenvalue weighted by molar-refractivity contribution is 0.128. The number of aryl methyl sites for hydroxylation is 2. The molecule has 2 aromatic rings. The first-order chi connectivity index (χ1) is 12.3. The van der Waals surface area contributed by atoms with Crippen LogP contribution in [0.1, 0.15) is 36.0 Å². The van der Waals surface area contributed by atoms with Crippen molar-refractivity contribution >= 4 is 5.82 Å². The molecule has 0 fully saturated rings. The van der Waals surface area contributed by atoms with Crippen molar-refractivity contribution in [1.29, 1.82) is 0 Å². The first-order valence-electron chi connectivity index (χ1n) is 9.14. The minimum absolute atomic E-state index is 0.474. The van der Waals surface area contributed by atoms with Gasteiger partial charge in [0.15, 0.2) is 5.82 Å². The Labute approximate surface area is 149 Å². The fourth-order valence-electron chi connectivity index (χ4n) is 3.10. The summed E-state index contributed by atoms with van der Waals surface area (Å²) in [4.78, 5) is 9.45. The monoisotopic (exact) mass is 344 g/mol. The lowest BCUT2D eigenvalue weighted by atomic mass is 10.1. The molecular formula is C18H28N6O. The molecule has 1 aliphatic heterocycles. The molecule has 0 spiro atoms. The van der Waals surface area contributed by atoms with Gasteiger partial charge in [-0.3, -0.25) is 4.68 Å². The summed E-state index contributed by atoms with van der Waals surface area (Å²) < 4.78 is 7.35. The molecule has 0 radical (unpaired) electrons. The summed E-state index contributed by atoms with van der Waals surface area (Å²) in [5.74, 6) is 1.76. The Morgan fingerprint density at radius 3 is 2.96 bits per heavy atom. The van der Waals surface area contributed by atoms with E-state index in [1.807, 2.05) is 24.9 Å². The second kappa shape index (κ2) is 8.92. The highest BCUT2D eigenvalue weighted by molar-refractivity contribution is 5.47. The van der Waals surface area contributed by atoms with Gasteiger partial charge in [-0.1, -0.05) is 0 Å². The van der Waals surface area contributed by atoms with Crippen molar-refractivity contribution in [2.24, 2.45) is 7.05 Å². The van der Waals surface area contributed by atoms with Crippen LogP contribution in [0.5, 0.6) is 0 Å². The second-order valence-corrected chi connectivity index (χ2v) is 6.35. The average molecular weight is 344 g/mol. The van der Waals surface area contributed by atoms with Crippen LogP contribution in [0, 0.1) is 0 Å². The molecule has 7 heteroatoms. The molecule has 0 unspecified atom stereocenters. The van der Waals surface area contributed by atoms with Crippen molar-refractivity contribution in [3.05, 3.63) is 35.0 Å². The van der Waals surface area contributed by atoms with E-state index in [1.165, 1.54) is 11.1 Å².